The number of carbonyl (C=O) groups is 1. The van der Waals surface area contributed by atoms with Crippen molar-refractivity contribution in [1.29, 1.82) is 0 Å². The molecule has 2 N–H and O–H groups in total. The molecule has 3 aromatic carbocycles. The number of aromatic nitrogens is 1. The highest BCUT2D eigenvalue weighted by atomic mass is 35.5. The van der Waals surface area contributed by atoms with Crippen molar-refractivity contribution in [2.24, 2.45) is 0 Å². The zero-order chi connectivity index (χ0) is 25.8. The van der Waals surface area contributed by atoms with Crippen LogP contribution in [-0.4, -0.2) is 20.9 Å². The number of hydrogen-bond donors (Lipinski definition) is 2. The minimum Gasteiger partial charge on any atom is -0.507 e. The Morgan fingerprint density at radius 3 is 2.44 bits per heavy atom. The van der Waals surface area contributed by atoms with Crippen molar-refractivity contribution < 1.29 is 19.2 Å². The quantitative estimate of drug-likeness (QED) is 0.179. The molecule has 0 aliphatic heterocycles. The van der Waals surface area contributed by atoms with E-state index in [9.17, 15) is 20.0 Å². The molecule has 0 radical (unpaired) electrons. The molecule has 184 valence electrons. The van der Waals surface area contributed by atoms with Crippen molar-refractivity contribution in [1.82, 2.24) is 4.98 Å². The van der Waals surface area contributed by atoms with Gasteiger partial charge in [0.25, 0.3) is 5.69 Å². The van der Waals surface area contributed by atoms with Gasteiger partial charge in [-0.25, -0.2) is 4.98 Å². The first-order valence-electron chi connectivity index (χ1n) is 11.1. The zero-order valence-corrected chi connectivity index (χ0v) is 20.6. The number of nitrogens with one attached hydrogen (secondary N) is 1. The topological polar surface area (TPSA) is 118 Å². The summed E-state index contributed by atoms with van der Waals surface area (Å²) in [6.45, 7) is 1.98. The standard InChI is InChI=1S/C26H21Cl2N3O5/c1-2-3-10-22(33)29-26-24(23-19(27)8-5-9-20(23)28)30-25(36-26)18-12-11-16(14-21(18)32)15-6-4-7-17(13-15)31(34)35/h4-9,11-14,32H,2-3,10H2,1H3,(H,29,33). The highest BCUT2D eigenvalue weighted by Gasteiger charge is 2.24. The van der Waals surface area contributed by atoms with E-state index in [4.69, 9.17) is 27.6 Å². The molecule has 4 rings (SSSR count). The van der Waals surface area contributed by atoms with Gasteiger partial charge in [-0.2, -0.15) is 0 Å². The maximum Gasteiger partial charge on any atom is 0.270 e. The summed E-state index contributed by atoms with van der Waals surface area (Å²) in [5, 5.41) is 25.3. The average molecular weight is 526 g/mol. The number of anilines is 1. The van der Waals surface area contributed by atoms with Gasteiger partial charge in [-0.1, -0.05) is 60.8 Å². The predicted molar refractivity (Wildman–Crippen MR) is 139 cm³/mol. The Kier molecular flexibility index (Phi) is 7.57. The molecule has 0 saturated carbocycles. The molecule has 4 aromatic rings. The number of phenols is 1. The van der Waals surface area contributed by atoms with Crippen LogP contribution in [-0.2, 0) is 4.79 Å². The van der Waals surface area contributed by atoms with Crippen molar-refractivity contribution in [2.45, 2.75) is 26.2 Å². The van der Waals surface area contributed by atoms with Crippen LogP contribution in [0, 0.1) is 10.1 Å². The lowest BCUT2D eigenvalue weighted by Gasteiger charge is -2.06. The second-order valence-electron chi connectivity index (χ2n) is 7.98. The molecule has 0 aliphatic rings. The van der Waals surface area contributed by atoms with Crippen LogP contribution in [0.3, 0.4) is 0 Å². The number of rotatable bonds is 8. The Morgan fingerprint density at radius 1 is 1.08 bits per heavy atom. The molecule has 0 bridgehead atoms. The van der Waals surface area contributed by atoms with Crippen LogP contribution in [0.5, 0.6) is 5.75 Å². The van der Waals surface area contributed by atoms with Crippen molar-refractivity contribution in [2.75, 3.05) is 5.32 Å². The molecule has 0 aliphatic carbocycles. The van der Waals surface area contributed by atoms with Crippen LogP contribution in [0.4, 0.5) is 11.6 Å². The summed E-state index contributed by atoms with van der Waals surface area (Å²) in [6, 6.07) is 15.8. The molecule has 0 atom stereocenters. The van der Waals surface area contributed by atoms with E-state index in [0.717, 1.165) is 6.42 Å². The largest absolute Gasteiger partial charge is 0.507 e. The van der Waals surface area contributed by atoms with E-state index in [1.165, 1.54) is 18.2 Å². The first-order chi connectivity index (χ1) is 17.3. The number of aromatic hydroxyl groups is 1. The highest BCUT2D eigenvalue weighted by molar-refractivity contribution is 6.39. The van der Waals surface area contributed by atoms with Gasteiger partial charge in [0.1, 0.15) is 11.4 Å². The molecular formula is C26H21Cl2N3O5. The third kappa shape index (κ3) is 5.35. The molecule has 0 fully saturated rings. The Hall–Kier alpha value is -3.88. The molecule has 10 heteroatoms. The molecule has 0 spiro atoms. The van der Waals surface area contributed by atoms with Gasteiger partial charge in [-0.3, -0.25) is 20.2 Å². The van der Waals surface area contributed by atoms with E-state index in [0.29, 0.717) is 39.6 Å². The summed E-state index contributed by atoms with van der Waals surface area (Å²) < 4.78 is 5.88. The number of nitro benzene ring substituents is 1. The number of phenolic OH excluding ortho intramolecular Hbond substituents is 1. The second-order valence-corrected chi connectivity index (χ2v) is 8.80. The fourth-order valence-corrected chi connectivity index (χ4v) is 4.21. The third-order valence-electron chi connectivity index (χ3n) is 5.46. The molecular weight excluding hydrogens is 505 g/mol. The van der Waals surface area contributed by atoms with Crippen molar-refractivity contribution in [3.05, 3.63) is 80.8 Å². The predicted octanol–water partition coefficient (Wildman–Crippen LogP) is 7.72. The number of non-ortho nitro benzene ring substituents is 1. The third-order valence-corrected chi connectivity index (χ3v) is 6.09. The number of unbranched alkanes of at least 4 members (excludes halogenated alkanes) is 1. The van der Waals surface area contributed by atoms with Gasteiger partial charge in [0.05, 0.1) is 20.5 Å². The maximum atomic E-state index is 12.5. The van der Waals surface area contributed by atoms with E-state index < -0.39 is 4.92 Å². The SMILES string of the molecule is CCCCC(=O)Nc1oc(-c2ccc(-c3cccc([N+](=O)[O-])c3)cc2O)nc1-c1c(Cl)cccc1Cl. The smallest absolute Gasteiger partial charge is 0.270 e. The molecule has 0 unspecified atom stereocenters. The van der Waals surface area contributed by atoms with Gasteiger partial charge in [0.15, 0.2) is 0 Å². The fourth-order valence-electron chi connectivity index (χ4n) is 3.63. The van der Waals surface area contributed by atoms with Crippen LogP contribution in [0.1, 0.15) is 26.2 Å². The number of carbonyl (C=O) groups excluding carboxylic acids is 1. The Morgan fingerprint density at radius 2 is 1.78 bits per heavy atom. The van der Waals surface area contributed by atoms with Crippen LogP contribution >= 0.6 is 23.2 Å². The Balaban J connectivity index is 1.76. The van der Waals surface area contributed by atoms with E-state index in [-0.39, 0.29) is 40.4 Å². The van der Waals surface area contributed by atoms with Gasteiger partial charge in [0, 0.05) is 24.1 Å². The fraction of sp³-hybridized carbons (Fsp3) is 0.154. The minimum absolute atomic E-state index is 0.0369. The number of hydrogen-bond acceptors (Lipinski definition) is 6. The Bertz CT molecular complexity index is 1430. The normalized spacial score (nSPS) is 10.9. The van der Waals surface area contributed by atoms with Gasteiger partial charge in [-0.05, 0) is 41.8 Å². The molecule has 36 heavy (non-hydrogen) atoms. The van der Waals surface area contributed by atoms with Crippen LogP contribution < -0.4 is 5.32 Å². The second kappa shape index (κ2) is 10.8. The van der Waals surface area contributed by atoms with Crippen molar-refractivity contribution in [3.63, 3.8) is 0 Å². The van der Waals surface area contributed by atoms with Crippen molar-refractivity contribution >= 4 is 40.7 Å². The lowest BCUT2D eigenvalue weighted by Crippen LogP contribution is -2.11. The highest BCUT2D eigenvalue weighted by Crippen LogP contribution is 2.42. The minimum atomic E-state index is -0.484. The Labute approximate surface area is 216 Å². The van der Waals surface area contributed by atoms with E-state index in [2.05, 4.69) is 10.3 Å². The number of nitrogens with zero attached hydrogens (tertiary/aromatic N) is 2. The monoisotopic (exact) mass is 525 g/mol. The van der Waals surface area contributed by atoms with E-state index in [1.54, 1.807) is 42.5 Å². The molecule has 1 aromatic heterocycles. The average Bonchev–Trinajstić information content (AvgIpc) is 3.25. The lowest BCUT2D eigenvalue weighted by atomic mass is 10.0. The van der Waals surface area contributed by atoms with Gasteiger partial charge in [-0.15, -0.1) is 0 Å². The van der Waals surface area contributed by atoms with Crippen LogP contribution in [0.25, 0.3) is 33.8 Å². The van der Waals surface area contributed by atoms with Gasteiger partial charge in [0.2, 0.25) is 17.7 Å². The number of benzene rings is 3. The van der Waals surface area contributed by atoms with Gasteiger partial charge < -0.3 is 9.52 Å². The summed E-state index contributed by atoms with van der Waals surface area (Å²) >= 11 is 12.8. The summed E-state index contributed by atoms with van der Waals surface area (Å²) in [5.74, 6) is -0.326. The van der Waals surface area contributed by atoms with Gasteiger partial charge >= 0.3 is 0 Å². The lowest BCUT2D eigenvalue weighted by molar-refractivity contribution is -0.384. The number of halogens is 2. The first-order valence-corrected chi connectivity index (χ1v) is 11.9. The number of oxazole rings is 1. The molecule has 8 nitrogen and oxygen atoms in total. The summed E-state index contributed by atoms with van der Waals surface area (Å²) in [4.78, 5) is 27.6. The molecule has 1 heterocycles. The first kappa shape index (κ1) is 25.2. The zero-order valence-electron chi connectivity index (χ0n) is 19.1. The van der Waals surface area contributed by atoms with Crippen molar-refractivity contribution in [3.8, 4) is 39.6 Å². The van der Waals surface area contributed by atoms with E-state index in [1.807, 2.05) is 6.92 Å². The number of amides is 1. The maximum absolute atomic E-state index is 12.5. The van der Waals surface area contributed by atoms with Crippen LogP contribution in [0.2, 0.25) is 10.0 Å². The number of nitro groups is 1. The summed E-state index contributed by atoms with van der Waals surface area (Å²) in [7, 11) is 0. The molecule has 1 amide bonds. The van der Waals surface area contributed by atoms with Crippen LogP contribution in [0.15, 0.2) is 65.1 Å². The summed E-state index contributed by atoms with van der Waals surface area (Å²) in [6.07, 6.45) is 1.85. The van der Waals surface area contributed by atoms with E-state index >= 15 is 0 Å². The summed E-state index contributed by atoms with van der Waals surface area (Å²) in [5.41, 5.74) is 1.93. The molecule has 0 saturated heterocycles.